The molecule has 6 aromatic rings. The van der Waals surface area contributed by atoms with Gasteiger partial charge in [0.1, 0.15) is 46.4 Å². The Hall–Kier alpha value is -5.51. The molecule has 0 spiro atoms. The average Bonchev–Trinajstić information content (AvgIpc) is 3.38. The van der Waals surface area contributed by atoms with Gasteiger partial charge in [-0.25, -0.2) is 0 Å². The van der Waals surface area contributed by atoms with E-state index in [0.29, 0.717) is 0 Å². The number of allylic oxidation sites excluding steroid dienone is 12. The van der Waals surface area contributed by atoms with Gasteiger partial charge >= 0.3 is 0 Å². The van der Waals surface area contributed by atoms with Crippen molar-refractivity contribution in [3.63, 3.8) is 0 Å². The lowest BCUT2D eigenvalue weighted by atomic mass is 9.72. The molecule has 2 aliphatic rings. The first-order valence-electron chi connectivity index (χ1n) is 25.7. The van der Waals surface area contributed by atoms with Crippen LogP contribution < -0.4 is 31.8 Å². The van der Waals surface area contributed by atoms with E-state index in [4.69, 9.17) is 17.5 Å². The van der Waals surface area contributed by atoms with Gasteiger partial charge in [-0.3, -0.25) is 8.42 Å². The van der Waals surface area contributed by atoms with Gasteiger partial charge in [-0.1, -0.05) is 183 Å². The molecule has 0 aromatic heterocycles. The molecule has 2 aliphatic carbocycles. The minimum absolute atomic E-state index is 0.272. The molecule has 7 heteroatoms. The molecule has 0 heterocycles. The van der Waals surface area contributed by atoms with E-state index < -0.39 is 24.9 Å². The van der Waals surface area contributed by atoms with Crippen LogP contribution in [0.4, 0.5) is 0 Å². The molecule has 0 N–H and O–H groups in total. The third-order valence-electron chi connectivity index (χ3n) is 14.7. The Morgan fingerprint density at radius 1 is 0.452 bits per heavy atom. The summed E-state index contributed by atoms with van der Waals surface area (Å²) in [5, 5.41) is 8.62. The van der Waals surface area contributed by atoms with Gasteiger partial charge in [0.05, 0.1) is 12.3 Å². The van der Waals surface area contributed by atoms with Gasteiger partial charge in [0.25, 0.3) is 0 Å². The summed E-state index contributed by atoms with van der Waals surface area (Å²) in [7, 11) is -8.81. The molecule has 0 radical (unpaired) electrons. The van der Waals surface area contributed by atoms with Crippen molar-refractivity contribution in [3.05, 3.63) is 252 Å². The maximum atomic E-state index is 8.52. The van der Waals surface area contributed by atoms with Gasteiger partial charge in [0.15, 0.2) is 0 Å². The van der Waals surface area contributed by atoms with Crippen LogP contribution in [0.1, 0.15) is 93.9 Å². The van der Waals surface area contributed by atoms with Gasteiger partial charge in [0.2, 0.25) is 0 Å². The van der Waals surface area contributed by atoms with Crippen LogP contribution in [-0.2, 0) is 10.4 Å². The Labute approximate surface area is 440 Å². The average molecular weight is 1030 g/mol. The second-order valence-electron chi connectivity index (χ2n) is 20.8. The van der Waals surface area contributed by atoms with Crippen molar-refractivity contribution in [1.29, 1.82) is 0 Å². The molecular formula is C66H76O4P2S. The van der Waals surface area contributed by atoms with Gasteiger partial charge < -0.3 is 9.11 Å². The van der Waals surface area contributed by atoms with E-state index in [-0.39, 0.29) is 10.8 Å². The smallest absolute Gasteiger partial charge is 0.115 e. The van der Waals surface area contributed by atoms with Gasteiger partial charge in [-0.15, -0.1) is 0 Å². The number of rotatable bonds is 14. The molecule has 0 fully saturated rings. The van der Waals surface area contributed by atoms with Crippen LogP contribution >= 0.6 is 14.5 Å². The van der Waals surface area contributed by atoms with Crippen molar-refractivity contribution in [3.8, 4) is 0 Å². The first-order chi connectivity index (χ1) is 34.9. The summed E-state index contributed by atoms with van der Waals surface area (Å²) in [5.74, 6) is 0. The van der Waals surface area contributed by atoms with Crippen LogP contribution in [0.5, 0.6) is 0 Å². The van der Waals surface area contributed by atoms with Crippen LogP contribution in [0.25, 0.3) is 0 Å². The minimum Gasteiger partial charge on any atom is -0.759 e. The summed E-state index contributed by atoms with van der Waals surface area (Å²) in [5.41, 5.74) is 9.40. The van der Waals surface area contributed by atoms with E-state index in [1.807, 2.05) is 0 Å². The maximum absolute atomic E-state index is 8.52. The van der Waals surface area contributed by atoms with E-state index in [0.717, 1.165) is 12.3 Å². The highest BCUT2D eigenvalue weighted by molar-refractivity contribution is 7.96. The molecule has 0 aliphatic heterocycles. The van der Waals surface area contributed by atoms with Gasteiger partial charge in [0, 0.05) is 10.4 Å². The third-order valence-corrected chi connectivity index (χ3v) is 23.2. The zero-order valence-corrected chi connectivity index (χ0v) is 47.0. The Morgan fingerprint density at radius 3 is 0.877 bits per heavy atom. The van der Waals surface area contributed by atoms with Crippen LogP contribution in [-0.4, -0.2) is 29.8 Å². The summed E-state index contributed by atoms with van der Waals surface area (Å²) in [6.45, 7) is 18.7. The summed E-state index contributed by atoms with van der Waals surface area (Å²) >= 11 is 0. The van der Waals surface area contributed by atoms with E-state index >= 15 is 0 Å². The van der Waals surface area contributed by atoms with Crippen LogP contribution in [0.2, 0.25) is 0 Å². The highest BCUT2D eigenvalue weighted by atomic mass is 32.3. The molecule has 0 amide bonds. The standard InChI is InChI=1S/2C33H38P.H2O4S/c2*1-27(22-23-32-28(2)15-14-25-33(32,3)4)24-26-34(29-16-8-5-9-17-29,30-18-10-6-11-19-30)31-20-12-7-13-21-31;1-5(2,3)4/h2*5-13,16-24H,14-15,25-26H2,1-4H3;(H2,1,2,3,4)/q2*+1;/p-2/b2*23-22+,27-24+;. The summed E-state index contributed by atoms with van der Waals surface area (Å²) in [6.07, 6.45) is 24.1. The molecule has 0 unspecified atom stereocenters. The molecule has 380 valence electrons. The highest BCUT2D eigenvalue weighted by Crippen LogP contribution is 2.57. The number of benzene rings is 6. The van der Waals surface area contributed by atoms with Crippen molar-refractivity contribution < 1.29 is 17.5 Å². The maximum Gasteiger partial charge on any atom is 0.115 e. The molecule has 8 rings (SSSR count). The fourth-order valence-electron chi connectivity index (χ4n) is 10.8. The predicted octanol–water partition coefficient (Wildman–Crippen LogP) is 14.7. The number of hydrogen-bond donors (Lipinski definition) is 0. The van der Waals surface area contributed by atoms with E-state index in [1.54, 1.807) is 11.1 Å². The summed E-state index contributed by atoms with van der Waals surface area (Å²) in [6, 6.07) is 66.9. The van der Waals surface area contributed by atoms with Crippen LogP contribution in [0.3, 0.4) is 0 Å². The summed E-state index contributed by atoms with van der Waals surface area (Å²) in [4.78, 5) is 0. The van der Waals surface area contributed by atoms with E-state index in [1.165, 1.54) is 92.6 Å². The predicted molar refractivity (Wildman–Crippen MR) is 317 cm³/mol. The first kappa shape index (κ1) is 56.8. The quantitative estimate of drug-likeness (QED) is 0.0471. The lowest BCUT2D eigenvalue weighted by Crippen LogP contribution is -2.33. The molecule has 0 atom stereocenters. The largest absolute Gasteiger partial charge is 0.759 e. The second kappa shape index (κ2) is 26.1. The first-order valence-corrected chi connectivity index (χ1v) is 31.0. The lowest BCUT2D eigenvalue weighted by Gasteiger charge is -2.33. The van der Waals surface area contributed by atoms with Crippen molar-refractivity contribution in [2.75, 3.05) is 12.3 Å². The zero-order chi connectivity index (χ0) is 52.5. The van der Waals surface area contributed by atoms with Gasteiger partial charge in [-0.05, 0) is 173 Å². The number of hydrogen-bond acceptors (Lipinski definition) is 4. The van der Waals surface area contributed by atoms with Crippen molar-refractivity contribution in [2.45, 2.75) is 93.9 Å². The normalized spacial score (nSPS) is 16.4. The highest BCUT2D eigenvalue weighted by Gasteiger charge is 2.45. The minimum atomic E-state index is -5.17. The molecule has 4 nitrogen and oxygen atoms in total. The van der Waals surface area contributed by atoms with Crippen LogP contribution in [0, 0.1) is 10.8 Å². The molecule has 73 heavy (non-hydrogen) atoms. The van der Waals surface area contributed by atoms with Crippen molar-refractivity contribution in [2.24, 2.45) is 10.8 Å². The van der Waals surface area contributed by atoms with E-state index in [9.17, 15) is 0 Å². The molecular weight excluding hydrogens is 951 g/mol. The fraction of sp³-hybridized carbons (Fsp3) is 0.273. The fourth-order valence-corrected chi connectivity index (χ4v) is 19.0. The summed E-state index contributed by atoms with van der Waals surface area (Å²) < 4.78 is 34.1. The van der Waals surface area contributed by atoms with Crippen LogP contribution in [0.15, 0.2) is 252 Å². The van der Waals surface area contributed by atoms with Crippen molar-refractivity contribution in [1.82, 2.24) is 0 Å². The molecule has 0 bridgehead atoms. The SMILES string of the molecule is CC1=C(/C=C/C(C)=C/C[P+](c2ccccc2)(c2ccccc2)c2ccccc2)C(C)(C)CCC1.CC1=C(/C=C/C(C)=C/C[P+](c2ccccc2)(c2ccccc2)c2ccccc2)C(C)(C)CCC1.O=S(=O)([O-])[O-]. The Kier molecular flexibility index (Phi) is 20.3. The molecule has 6 aromatic carbocycles. The second-order valence-corrected chi connectivity index (χ2v) is 28.7. The Morgan fingerprint density at radius 2 is 0.671 bits per heavy atom. The molecule has 0 saturated heterocycles. The van der Waals surface area contributed by atoms with E-state index in [2.05, 4.69) is 274 Å². The van der Waals surface area contributed by atoms with Crippen molar-refractivity contribution >= 4 is 56.8 Å². The Bertz CT molecular complexity index is 2600. The van der Waals surface area contributed by atoms with Gasteiger partial charge in [-0.2, -0.15) is 0 Å². The monoisotopic (exact) mass is 1030 g/mol. The third kappa shape index (κ3) is 15.3. The molecule has 0 saturated carbocycles. The topological polar surface area (TPSA) is 80.3 Å². The Balaban J connectivity index is 0.000000218. The lowest BCUT2D eigenvalue weighted by molar-refractivity contribution is 0.352. The zero-order valence-electron chi connectivity index (χ0n) is 44.4.